The van der Waals surface area contributed by atoms with E-state index in [-0.39, 0.29) is 5.69 Å². The van der Waals surface area contributed by atoms with Crippen LogP contribution in [0.15, 0.2) is 42.6 Å². The number of nitrogens with zero attached hydrogens (tertiary/aromatic N) is 2. The molecule has 0 spiro atoms. The average molecular weight is 259 g/mol. The second-order valence-electron chi connectivity index (χ2n) is 3.87. The summed E-state index contributed by atoms with van der Waals surface area (Å²) in [6.07, 6.45) is 1.70. The molecular weight excluding hydrogens is 246 g/mol. The molecule has 0 atom stereocenters. The predicted molar refractivity (Wildman–Crippen MR) is 71.2 cm³/mol. The lowest BCUT2D eigenvalue weighted by Crippen LogP contribution is -2.00. The van der Waals surface area contributed by atoms with E-state index < -0.39 is 4.92 Å². The first-order chi connectivity index (χ1) is 9.19. The van der Waals surface area contributed by atoms with Gasteiger partial charge in [0.15, 0.2) is 0 Å². The monoisotopic (exact) mass is 259 g/mol. The number of anilines is 1. The Kier molecular flexibility index (Phi) is 3.92. The van der Waals surface area contributed by atoms with Crippen LogP contribution >= 0.6 is 0 Å². The number of nitro benzene ring substituents is 1. The van der Waals surface area contributed by atoms with Gasteiger partial charge in [0.25, 0.3) is 5.69 Å². The van der Waals surface area contributed by atoms with Crippen LogP contribution in [-0.4, -0.2) is 17.0 Å². The fourth-order valence-corrected chi connectivity index (χ4v) is 1.57. The number of ether oxygens (including phenoxy) is 1. The molecule has 0 saturated heterocycles. The van der Waals surface area contributed by atoms with E-state index >= 15 is 0 Å². The molecule has 0 aliphatic heterocycles. The standard InChI is InChI=1S/C13H13N3O3/c1-19-13-6-5-10(9-15-13)8-14-11-3-2-4-12(7-11)16(17)18/h2-7,9,14H,8H2,1H3. The molecule has 0 bridgehead atoms. The fourth-order valence-electron chi connectivity index (χ4n) is 1.57. The van der Waals surface area contributed by atoms with Crippen molar-refractivity contribution in [3.05, 3.63) is 58.3 Å². The first-order valence-electron chi connectivity index (χ1n) is 5.66. The number of non-ortho nitro benzene ring substituents is 1. The van der Waals surface area contributed by atoms with Gasteiger partial charge in [0.1, 0.15) is 0 Å². The molecule has 6 heteroatoms. The van der Waals surface area contributed by atoms with Gasteiger partial charge in [-0.2, -0.15) is 0 Å². The van der Waals surface area contributed by atoms with E-state index in [1.807, 2.05) is 6.07 Å². The molecular formula is C13H13N3O3. The van der Waals surface area contributed by atoms with Crippen molar-refractivity contribution >= 4 is 11.4 Å². The molecule has 0 amide bonds. The number of methoxy groups -OCH3 is 1. The third-order valence-corrected chi connectivity index (χ3v) is 2.56. The van der Waals surface area contributed by atoms with Crippen molar-refractivity contribution in [1.29, 1.82) is 0 Å². The van der Waals surface area contributed by atoms with E-state index in [1.165, 1.54) is 12.1 Å². The number of nitro groups is 1. The van der Waals surface area contributed by atoms with Crippen LogP contribution in [0.2, 0.25) is 0 Å². The number of nitrogens with one attached hydrogen (secondary N) is 1. The zero-order valence-electron chi connectivity index (χ0n) is 10.4. The molecule has 2 aromatic rings. The van der Waals surface area contributed by atoms with Gasteiger partial charge in [-0.05, 0) is 11.6 Å². The molecule has 0 aliphatic carbocycles. The van der Waals surface area contributed by atoms with E-state index in [9.17, 15) is 10.1 Å². The van der Waals surface area contributed by atoms with E-state index in [0.29, 0.717) is 18.1 Å². The van der Waals surface area contributed by atoms with E-state index in [0.717, 1.165) is 5.56 Å². The van der Waals surface area contributed by atoms with Crippen molar-refractivity contribution in [1.82, 2.24) is 4.98 Å². The van der Waals surface area contributed by atoms with Crippen LogP contribution in [0.3, 0.4) is 0 Å². The molecule has 0 saturated carbocycles. The SMILES string of the molecule is COc1ccc(CNc2cccc([N+](=O)[O-])c2)cn1. The zero-order valence-corrected chi connectivity index (χ0v) is 10.4. The Bertz CT molecular complexity index is 570. The molecule has 0 unspecified atom stereocenters. The van der Waals surface area contributed by atoms with Crippen molar-refractivity contribution in [2.24, 2.45) is 0 Å². The minimum Gasteiger partial charge on any atom is -0.481 e. The Hall–Kier alpha value is -2.63. The molecule has 1 heterocycles. The van der Waals surface area contributed by atoms with Crippen molar-refractivity contribution in [2.45, 2.75) is 6.54 Å². The highest BCUT2D eigenvalue weighted by Gasteiger charge is 2.05. The molecule has 98 valence electrons. The molecule has 1 aromatic heterocycles. The normalized spacial score (nSPS) is 9.95. The van der Waals surface area contributed by atoms with Crippen LogP contribution in [0.4, 0.5) is 11.4 Å². The molecule has 0 fully saturated rings. The lowest BCUT2D eigenvalue weighted by Gasteiger charge is -2.06. The van der Waals surface area contributed by atoms with Crippen LogP contribution < -0.4 is 10.1 Å². The predicted octanol–water partition coefficient (Wildman–Crippen LogP) is 2.61. The van der Waals surface area contributed by atoms with Gasteiger partial charge in [-0.15, -0.1) is 0 Å². The lowest BCUT2D eigenvalue weighted by molar-refractivity contribution is -0.384. The van der Waals surface area contributed by atoms with Gasteiger partial charge in [-0.25, -0.2) is 4.98 Å². The molecule has 6 nitrogen and oxygen atoms in total. The Morgan fingerprint density at radius 2 is 2.21 bits per heavy atom. The summed E-state index contributed by atoms with van der Waals surface area (Å²) in [7, 11) is 1.56. The number of aromatic nitrogens is 1. The van der Waals surface area contributed by atoms with Gasteiger partial charge >= 0.3 is 0 Å². The summed E-state index contributed by atoms with van der Waals surface area (Å²) >= 11 is 0. The number of hydrogen-bond acceptors (Lipinski definition) is 5. The summed E-state index contributed by atoms with van der Waals surface area (Å²) in [5.74, 6) is 0.555. The van der Waals surface area contributed by atoms with Gasteiger partial charge in [0, 0.05) is 36.6 Å². The van der Waals surface area contributed by atoms with Gasteiger partial charge in [0.05, 0.1) is 12.0 Å². The Balaban J connectivity index is 2.01. The van der Waals surface area contributed by atoms with E-state index in [2.05, 4.69) is 10.3 Å². The zero-order chi connectivity index (χ0) is 13.7. The number of pyridine rings is 1. The molecule has 1 aromatic carbocycles. The number of hydrogen-bond donors (Lipinski definition) is 1. The summed E-state index contributed by atoms with van der Waals surface area (Å²) in [6, 6.07) is 10.0. The highest BCUT2D eigenvalue weighted by atomic mass is 16.6. The topological polar surface area (TPSA) is 77.3 Å². The number of rotatable bonds is 5. The van der Waals surface area contributed by atoms with Crippen molar-refractivity contribution in [2.75, 3.05) is 12.4 Å². The third kappa shape index (κ3) is 3.41. The van der Waals surface area contributed by atoms with Gasteiger partial charge in [-0.1, -0.05) is 12.1 Å². The lowest BCUT2D eigenvalue weighted by atomic mass is 10.2. The first-order valence-corrected chi connectivity index (χ1v) is 5.66. The Labute approximate surface area is 110 Å². The maximum atomic E-state index is 10.7. The van der Waals surface area contributed by atoms with Crippen molar-refractivity contribution < 1.29 is 9.66 Å². The van der Waals surface area contributed by atoms with E-state index in [4.69, 9.17) is 4.74 Å². The average Bonchev–Trinajstić information content (AvgIpc) is 2.46. The quantitative estimate of drug-likeness (QED) is 0.659. The van der Waals surface area contributed by atoms with Crippen molar-refractivity contribution in [3.63, 3.8) is 0 Å². The molecule has 2 rings (SSSR count). The second-order valence-corrected chi connectivity index (χ2v) is 3.87. The van der Waals surface area contributed by atoms with Crippen LogP contribution in [0, 0.1) is 10.1 Å². The summed E-state index contributed by atoms with van der Waals surface area (Å²) in [4.78, 5) is 14.3. The third-order valence-electron chi connectivity index (χ3n) is 2.56. The van der Waals surface area contributed by atoms with E-state index in [1.54, 1.807) is 31.5 Å². The summed E-state index contributed by atoms with van der Waals surface area (Å²) < 4.78 is 4.97. The first kappa shape index (κ1) is 12.8. The second kappa shape index (κ2) is 5.81. The van der Waals surface area contributed by atoms with Crippen LogP contribution in [-0.2, 0) is 6.54 Å². The van der Waals surface area contributed by atoms with Crippen molar-refractivity contribution in [3.8, 4) is 5.88 Å². The summed E-state index contributed by atoms with van der Waals surface area (Å²) in [6.45, 7) is 0.540. The Morgan fingerprint density at radius 3 is 2.84 bits per heavy atom. The highest BCUT2D eigenvalue weighted by molar-refractivity contribution is 5.51. The molecule has 0 aliphatic rings. The molecule has 0 radical (unpaired) electrons. The summed E-state index contributed by atoms with van der Waals surface area (Å²) in [5.41, 5.74) is 1.73. The highest BCUT2D eigenvalue weighted by Crippen LogP contribution is 2.17. The minimum atomic E-state index is -0.417. The molecule has 1 N–H and O–H groups in total. The Morgan fingerprint density at radius 1 is 1.37 bits per heavy atom. The van der Waals surface area contributed by atoms with Crippen LogP contribution in [0.25, 0.3) is 0 Å². The van der Waals surface area contributed by atoms with Gasteiger partial charge in [0.2, 0.25) is 5.88 Å². The van der Waals surface area contributed by atoms with Crippen LogP contribution in [0.5, 0.6) is 5.88 Å². The minimum absolute atomic E-state index is 0.0675. The maximum Gasteiger partial charge on any atom is 0.271 e. The fraction of sp³-hybridized carbons (Fsp3) is 0.154. The van der Waals surface area contributed by atoms with Crippen LogP contribution in [0.1, 0.15) is 5.56 Å². The molecule has 19 heavy (non-hydrogen) atoms. The smallest absolute Gasteiger partial charge is 0.271 e. The van der Waals surface area contributed by atoms with Gasteiger partial charge < -0.3 is 10.1 Å². The maximum absolute atomic E-state index is 10.7. The summed E-state index contributed by atoms with van der Waals surface area (Å²) in [5, 5.41) is 13.8. The number of benzene rings is 1. The largest absolute Gasteiger partial charge is 0.481 e. The van der Waals surface area contributed by atoms with Gasteiger partial charge in [-0.3, -0.25) is 10.1 Å².